The molecule has 1 unspecified atom stereocenters. The molecule has 136 valence electrons. The molecular formula is C19H22F2N4O+2. The van der Waals surface area contributed by atoms with Crippen molar-refractivity contribution < 1.29 is 22.9 Å². The van der Waals surface area contributed by atoms with Crippen LogP contribution in [-0.4, -0.2) is 29.5 Å². The Morgan fingerprint density at radius 3 is 2.35 bits per heavy atom. The first-order chi connectivity index (χ1) is 12.5. The number of methoxy groups -OCH3 is 1. The van der Waals surface area contributed by atoms with Gasteiger partial charge in [-0.05, 0) is 46.5 Å². The summed E-state index contributed by atoms with van der Waals surface area (Å²) in [7, 11) is 1.59. The summed E-state index contributed by atoms with van der Waals surface area (Å²) in [6, 6.07) is 15.1. The fourth-order valence-electron chi connectivity index (χ4n) is 3.09. The number of halogens is 2. The average molecular weight is 360 g/mol. The maximum atomic E-state index is 13.1. The zero-order valence-electron chi connectivity index (χ0n) is 15.0. The highest BCUT2D eigenvalue weighted by Crippen LogP contribution is 2.35. The zero-order chi connectivity index (χ0) is 18.7. The summed E-state index contributed by atoms with van der Waals surface area (Å²) in [6.45, 7) is 3.68. The third-order valence-corrected chi connectivity index (χ3v) is 4.32. The van der Waals surface area contributed by atoms with Crippen molar-refractivity contribution in [3.05, 3.63) is 59.7 Å². The average Bonchev–Trinajstić information content (AvgIpc) is 3.04. The Morgan fingerprint density at radius 2 is 1.73 bits per heavy atom. The number of hydrogen-bond donors (Lipinski definition) is 0. The fourth-order valence-corrected chi connectivity index (χ4v) is 3.09. The van der Waals surface area contributed by atoms with Crippen LogP contribution in [0.1, 0.15) is 37.1 Å². The van der Waals surface area contributed by atoms with Gasteiger partial charge in [-0.1, -0.05) is 32.0 Å². The van der Waals surface area contributed by atoms with Crippen molar-refractivity contribution in [3.63, 3.8) is 0 Å². The maximum Gasteiger partial charge on any atom is 0.392 e. The summed E-state index contributed by atoms with van der Waals surface area (Å²) in [6.07, 6.45) is -3.02. The predicted molar refractivity (Wildman–Crippen MR) is 92.2 cm³/mol. The second-order valence-corrected chi connectivity index (χ2v) is 6.39. The Morgan fingerprint density at radius 1 is 1.04 bits per heavy atom. The number of nitrogens with zero attached hydrogens (tertiary/aromatic N) is 4. The smallest absolute Gasteiger partial charge is 0.392 e. The first kappa shape index (κ1) is 18.1. The third-order valence-electron chi connectivity index (χ3n) is 4.32. The van der Waals surface area contributed by atoms with E-state index in [2.05, 4.69) is 24.3 Å². The van der Waals surface area contributed by atoms with Gasteiger partial charge in [0.05, 0.1) is 12.7 Å². The summed E-state index contributed by atoms with van der Waals surface area (Å²) in [4.78, 5) is 0. The van der Waals surface area contributed by atoms with Gasteiger partial charge in [0.25, 0.3) is 6.43 Å². The minimum atomic E-state index is -2.50. The van der Waals surface area contributed by atoms with Crippen LogP contribution in [0, 0.1) is 0 Å². The van der Waals surface area contributed by atoms with Crippen LogP contribution in [0.25, 0.3) is 0 Å². The predicted octanol–water partition coefficient (Wildman–Crippen LogP) is 5.27. The van der Waals surface area contributed by atoms with Crippen LogP contribution >= 0.6 is 0 Å². The first-order valence-electron chi connectivity index (χ1n) is 8.49. The van der Waals surface area contributed by atoms with Gasteiger partial charge in [-0.25, -0.2) is 8.78 Å². The molecule has 7 heteroatoms. The zero-order valence-corrected chi connectivity index (χ0v) is 15.0. The van der Waals surface area contributed by atoms with Gasteiger partial charge in [-0.2, -0.15) is 0 Å². The molecule has 0 radical (unpaired) electrons. The molecule has 26 heavy (non-hydrogen) atoms. The molecule has 1 heterocycles. The maximum absolute atomic E-state index is 13.1. The summed E-state index contributed by atoms with van der Waals surface area (Å²) in [5.41, 5.74) is 2.77. The van der Waals surface area contributed by atoms with E-state index in [1.807, 2.05) is 48.5 Å². The molecule has 0 bridgehead atoms. The Hall–Kier alpha value is -2.70. The number of rotatable bonds is 6. The van der Waals surface area contributed by atoms with E-state index < -0.39 is 19.1 Å². The van der Waals surface area contributed by atoms with E-state index in [-0.39, 0.29) is 5.92 Å². The van der Waals surface area contributed by atoms with Crippen LogP contribution in [0.4, 0.5) is 14.5 Å². The highest BCUT2D eigenvalue weighted by molar-refractivity contribution is 5.37. The molecule has 0 aliphatic carbocycles. The molecule has 3 rings (SSSR count). The van der Waals surface area contributed by atoms with Crippen LogP contribution in [0.5, 0.6) is 5.75 Å². The Labute approximate surface area is 151 Å². The minimum absolute atomic E-state index is 0.248. The van der Waals surface area contributed by atoms with Gasteiger partial charge in [-0.3, -0.25) is 0 Å². The molecule has 1 atom stereocenters. The van der Waals surface area contributed by atoms with Gasteiger partial charge in [-0.15, -0.1) is 0 Å². The van der Waals surface area contributed by atoms with Gasteiger partial charge >= 0.3 is 16.6 Å². The molecule has 0 N–H and O–H groups in total. The molecule has 0 saturated heterocycles. The molecule has 0 amide bonds. The lowest BCUT2D eigenvalue weighted by molar-refractivity contribution is -0.777. The van der Waals surface area contributed by atoms with E-state index in [1.54, 1.807) is 11.8 Å². The quantitative estimate of drug-likeness (QED) is 0.647. The lowest BCUT2D eigenvalue weighted by atomic mass is 9.95. The number of hydrogen-bond acceptors (Lipinski definition) is 3. The van der Waals surface area contributed by atoms with Crippen LogP contribution in [0.15, 0.2) is 59.0 Å². The highest BCUT2D eigenvalue weighted by Gasteiger charge is 2.46. The molecule has 0 fully saturated rings. The van der Waals surface area contributed by atoms with Crippen molar-refractivity contribution in [2.24, 2.45) is 10.4 Å². The Kier molecular flexibility index (Phi) is 5.35. The van der Waals surface area contributed by atoms with Crippen LogP contribution in [0.3, 0.4) is 0 Å². The van der Waals surface area contributed by atoms with Crippen molar-refractivity contribution in [1.29, 1.82) is 0 Å². The van der Waals surface area contributed by atoms with Gasteiger partial charge in [0.1, 0.15) is 5.75 Å². The molecule has 2 aromatic carbocycles. The molecule has 1 aliphatic rings. The van der Waals surface area contributed by atoms with E-state index in [0.29, 0.717) is 5.75 Å². The molecule has 0 spiro atoms. The van der Waals surface area contributed by atoms with E-state index in [4.69, 9.17) is 4.74 Å². The molecule has 0 aromatic heterocycles. The SMILES string of the molecule is COc1ccc([N+]2=NN=[N+](CC(F)F)C2c2ccccc2C(C)C)cc1. The number of ether oxygens (including phenoxy) is 1. The summed E-state index contributed by atoms with van der Waals surface area (Å²) < 4.78 is 34.4. The fraction of sp³-hybridized carbons (Fsp3) is 0.368. The molecule has 0 saturated carbocycles. The monoisotopic (exact) mass is 360 g/mol. The van der Waals surface area contributed by atoms with E-state index >= 15 is 0 Å². The minimum Gasteiger partial charge on any atom is -0.497 e. The Balaban J connectivity index is 2.05. The lowest BCUT2D eigenvalue weighted by Gasteiger charge is -2.15. The van der Waals surface area contributed by atoms with E-state index in [1.165, 1.54) is 4.70 Å². The summed E-state index contributed by atoms with van der Waals surface area (Å²) in [5.74, 6) is 0.964. The second-order valence-electron chi connectivity index (χ2n) is 6.39. The van der Waals surface area contributed by atoms with Crippen molar-refractivity contribution in [1.82, 2.24) is 0 Å². The van der Waals surface area contributed by atoms with E-state index in [9.17, 15) is 8.78 Å². The van der Waals surface area contributed by atoms with Gasteiger partial charge < -0.3 is 4.74 Å². The summed E-state index contributed by atoms with van der Waals surface area (Å²) in [5, 5.41) is 8.17. The van der Waals surface area contributed by atoms with Crippen molar-refractivity contribution in [3.8, 4) is 5.75 Å². The number of benzene rings is 2. The standard InChI is InChI=1S/C19H22F2N4O/c1-13(2)16-6-4-5-7-17(16)19-24(12-18(20)21)22-23-25(19)14-8-10-15(26-3)11-9-14/h4-11,13,18-19H,12H2,1-3H3/q+2. The van der Waals surface area contributed by atoms with Crippen molar-refractivity contribution >= 4 is 5.69 Å². The first-order valence-corrected chi connectivity index (χ1v) is 8.49. The molecule has 2 aromatic rings. The van der Waals surface area contributed by atoms with Crippen LogP contribution in [-0.2, 0) is 0 Å². The van der Waals surface area contributed by atoms with Gasteiger partial charge in [0.2, 0.25) is 0 Å². The number of alkyl halides is 2. The van der Waals surface area contributed by atoms with Crippen molar-refractivity contribution in [2.45, 2.75) is 32.4 Å². The molecular weight excluding hydrogens is 338 g/mol. The Bertz CT molecular complexity index is 832. The second kappa shape index (κ2) is 7.68. The third kappa shape index (κ3) is 3.61. The van der Waals surface area contributed by atoms with Crippen LogP contribution < -0.4 is 4.74 Å². The highest BCUT2D eigenvalue weighted by atomic mass is 19.3. The largest absolute Gasteiger partial charge is 0.497 e. The van der Waals surface area contributed by atoms with Gasteiger partial charge in [0, 0.05) is 4.70 Å². The summed E-state index contributed by atoms with van der Waals surface area (Å²) >= 11 is 0. The van der Waals surface area contributed by atoms with Gasteiger partial charge in [0.15, 0.2) is 12.2 Å². The van der Waals surface area contributed by atoms with Crippen molar-refractivity contribution in [2.75, 3.05) is 13.7 Å². The normalized spacial score (nSPS) is 16.8. The topological polar surface area (TPSA) is 40.0 Å². The van der Waals surface area contributed by atoms with E-state index in [0.717, 1.165) is 16.8 Å². The lowest BCUT2D eigenvalue weighted by Crippen LogP contribution is -2.26. The molecule has 1 aliphatic heterocycles. The van der Waals surface area contributed by atoms with Crippen LogP contribution in [0.2, 0.25) is 0 Å². The molecule has 5 nitrogen and oxygen atoms in total.